The molecule has 0 heterocycles. The lowest BCUT2D eigenvalue weighted by Crippen LogP contribution is -2.13. The first kappa shape index (κ1) is 17.7. The van der Waals surface area contributed by atoms with Gasteiger partial charge in [0.2, 0.25) is 0 Å². The number of benzene rings is 5. The molecule has 0 radical (unpaired) electrons. The Bertz CT molecular complexity index is 1410. The molecular weight excluding hydrogens is 364 g/mol. The molecule has 5 aromatic rings. The van der Waals surface area contributed by atoms with E-state index in [2.05, 4.69) is 84.9 Å². The number of fused-ring (bicyclic) bond motifs is 6. The summed E-state index contributed by atoms with van der Waals surface area (Å²) in [7, 11) is 0. The number of aliphatic hydroxyl groups excluding tert-OH is 1. The molecule has 0 fully saturated rings. The fraction of sp³-hybridized carbons (Fsp3) is 0.172. The molecule has 0 saturated heterocycles. The number of aryl methyl sites for hydroxylation is 1. The molecule has 1 aliphatic carbocycles. The summed E-state index contributed by atoms with van der Waals surface area (Å²) in [5, 5.41) is 17.7. The van der Waals surface area contributed by atoms with Gasteiger partial charge in [0.1, 0.15) is 0 Å². The van der Waals surface area contributed by atoms with Gasteiger partial charge in [0.05, 0.1) is 6.61 Å². The molecule has 0 spiro atoms. The van der Waals surface area contributed by atoms with Gasteiger partial charge in [-0.3, -0.25) is 0 Å². The zero-order chi connectivity index (χ0) is 20.1. The van der Waals surface area contributed by atoms with Crippen LogP contribution in [0.15, 0.2) is 84.9 Å². The van der Waals surface area contributed by atoms with E-state index < -0.39 is 0 Å². The van der Waals surface area contributed by atoms with E-state index in [0.717, 1.165) is 18.4 Å². The third-order valence-electron chi connectivity index (χ3n) is 7.00. The van der Waals surface area contributed by atoms with Crippen molar-refractivity contribution in [2.75, 3.05) is 0 Å². The molecule has 0 aliphatic heterocycles. The van der Waals surface area contributed by atoms with E-state index in [-0.39, 0.29) is 6.61 Å². The zero-order valence-corrected chi connectivity index (χ0v) is 16.9. The van der Waals surface area contributed by atoms with Crippen molar-refractivity contribution < 1.29 is 5.11 Å². The molecule has 1 nitrogen and oxygen atoms in total. The van der Waals surface area contributed by atoms with Gasteiger partial charge in [-0.05, 0) is 79.8 Å². The van der Waals surface area contributed by atoms with Gasteiger partial charge in [-0.15, -0.1) is 0 Å². The molecule has 1 heteroatoms. The molecule has 6 rings (SSSR count). The fourth-order valence-corrected chi connectivity index (χ4v) is 5.51. The highest BCUT2D eigenvalue weighted by Crippen LogP contribution is 2.40. The van der Waals surface area contributed by atoms with Crippen molar-refractivity contribution in [1.29, 1.82) is 0 Å². The molecule has 5 aromatic carbocycles. The van der Waals surface area contributed by atoms with Crippen molar-refractivity contribution in [1.82, 2.24) is 0 Å². The van der Waals surface area contributed by atoms with Crippen molar-refractivity contribution in [3.63, 3.8) is 0 Å². The molecule has 1 aliphatic rings. The average Bonchev–Trinajstić information content (AvgIpc) is 2.82. The monoisotopic (exact) mass is 388 g/mol. The minimum Gasteiger partial charge on any atom is -0.392 e. The smallest absolute Gasteiger partial charge is 0.0687 e. The first-order valence-corrected chi connectivity index (χ1v) is 10.9. The summed E-state index contributed by atoms with van der Waals surface area (Å²) in [5.74, 6) is 0.521. The van der Waals surface area contributed by atoms with Crippen molar-refractivity contribution in [3.8, 4) is 0 Å². The maximum atomic E-state index is 9.74. The molecule has 0 saturated carbocycles. The van der Waals surface area contributed by atoms with Crippen LogP contribution in [0.5, 0.6) is 0 Å². The third-order valence-corrected chi connectivity index (χ3v) is 7.00. The van der Waals surface area contributed by atoms with Gasteiger partial charge >= 0.3 is 0 Å². The number of aliphatic hydroxyl groups is 1. The highest BCUT2D eigenvalue weighted by molar-refractivity contribution is 6.08. The summed E-state index contributed by atoms with van der Waals surface area (Å²) < 4.78 is 0. The van der Waals surface area contributed by atoms with Crippen LogP contribution in [0.1, 0.15) is 34.6 Å². The molecule has 1 unspecified atom stereocenters. The maximum Gasteiger partial charge on any atom is 0.0687 e. The van der Waals surface area contributed by atoms with E-state index in [1.54, 1.807) is 0 Å². The lowest BCUT2D eigenvalue weighted by molar-refractivity contribution is 0.283. The lowest BCUT2D eigenvalue weighted by Gasteiger charge is -2.28. The van der Waals surface area contributed by atoms with Crippen LogP contribution in [0.2, 0.25) is 0 Å². The van der Waals surface area contributed by atoms with Crippen molar-refractivity contribution in [2.45, 2.75) is 31.8 Å². The van der Waals surface area contributed by atoms with Gasteiger partial charge in [-0.25, -0.2) is 0 Å². The van der Waals surface area contributed by atoms with E-state index in [0.29, 0.717) is 5.92 Å². The number of hydrogen-bond acceptors (Lipinski definition) is 1. The van der Waals surface area contributed by atoms with Gasteiger partial charge < -0.3 is 5.11 Å². The minimum atomic E-state index is 0.0915. The number of rotatable bonds is 2. The molecule has 1 N–H and O–H groups in total. The predicted octanol–water partition coefficient (Wildman–Crippen LogP) is 6.91. The Labute approximate surface area is 176 Å². The molecule has 0 bridgehead atoms. The van der Waals surface area contributed by atoms with Crippen molar-refractivity contribution in [3.05, 3.63) is 107 Å². The SMILES string of the molecule is OCc1ccc(C2CCc3c(ccc4c3ccc3ccccc34)C2)c2ccccc12. The van der Waals surface area contributed by atoms with Gasteiger partial charge in [0.25, 0.3) is 0 Å². The van der Waals surface area contributed by atoms with E-state index >= 15 is 0 Å². The van der Waals surface area contributed by atoms with Gasteiger partial charge in [0, 0.05) is 0 Å². The second-order valence-electron chi connectivity index (χ2n) is 8.54. The first-order chi connectivity index (χ1) is 14.8. The summed E-state index contributed by atoms with van der Waals surface area (Å²) in [6, 6.07) is 30.9. The minimum absolute atomic E-state index is 0.0915. The quantitative estimate of drug-likeness (QED) is 0.326. The topological polar surface area (TPSA) is 20.2 Å². The van der Waals surface area contributed by atoms with Gasteiger partial charge in [-0.2, -0.15) is 0 Å². The predicted molar refractivity (Wildman–Crippen MR) is 126 cm³/mol. The highest BCUT2D eigenvalue weighted by atomic mass is 16.3. The highest BCUT2D eigenvalue weighted by Gasteiger charge is 2.23. The third kappa shape index (κ3) is 2.66. The average molecular weight is 389 g/mol. The molecule has 0 aromatic heterocycles. The Kier molecular flexibility index (Phi) is 4.11. The van der Waals surface area contributed by atoms with Crippen molar-refractivity contribution >= 4 is 32.3 Å². The maximum absolute atomic E-state index is 9.74. The normalized spacial score (nSPS) is 16.2. The van der Waals surface area contributed by atoms with Crippen LogP contribution in [0.4, 0.5) is 0 Å². The Hall–Kier alpha value is -3.16. The lowest BCUT2D eigenvalue weighted by atomic mass is 9.77. The number of hydrogen-bond donors (Lipinski definition) is 1. The van der Waals surface area contributed by atoms with Crippen LogP contribution >= 0.6 is 0 Å². The molecule has 30 heavy (non-hydrogen) atoms. The Morgan fingerprint density at radius 3 is 2.30 bits per heavy atom. The van der Waals surface area contributed by atoms with E-state index in [9.17, 15) is 5.11 Å². The summed E-state index contributed by atoms with van der Waals surface area (Å²) in [4.78, 5) is 0. The summed E-state index contributed by atoms with van der Waals surface area (Å²) in [6.07, 6.45) is 3.37. The van der Waals surface area contributed by atoms with Crippen LogP contribution in [0.3, 0.4) is 0 Å². The summed E-state index contributed by atoms with van der Waals surface area (Å²) >= 11 is 0. The van der Waals surface area contributed by atoms with Crippen molar-refractivity contribution in [2.24, 2.45) is 0 Å². The van der Waals surface area contributed by atoms with Crippen LogP contribution in [-0.4, -0.2) is 5.11 Å². The Morgan fingerprint density at radius 1 is 0.667 bits per heavy atom. The molecule has 146 valence electrons. The van der Waals surface area contributed by atoms with Crippen LogP contribution in [-0.2, 0) is 19.4 Å². The van der Waals surface area contributed by atoms with E-state index in [4.69, 9.17) is 0 Å². The largest absolute Gasteiger partial charge is 0.392 e. The Balaban J connectivity index is 1.46. The van der Waals surface area contributed by atoms with Crippen LogP contribution in [0, 0.1) is 0 Å². The molecule has 0 amide bonds. The molecular formula is C29H24O. The standard InChI is InChI=1S/C29H24O/c30-18-22-12-14-25(27-8-4-3-7-24(22)27)20-10-13-26-21(17-20)11-16-28-23-6-2-1-5-19(23)9-15-29(26)28/h1-9,11-12,14-16,20,30H,10,13,17-18H2. The molecule has 1 atom stereocenters. The zero-order valence-electron chi connectivity index (χ0n) is 16.9. The summed E-state index contributed by atoms with van der Waals surface area (Å²) in [6.45, 7) is 0.0915. The second kappa shape index (κ2) is 6.97. The summed E-state index contributed by atoms with van der Waals surface area (Å²) in [5.41, 5.74) is 5.46. The van der Waals surface area contributed by atoms with Gasteiger partial charge in [0.15, 0.2) is 0 Å². The van der Waals surface area contributed by atoms with E-state index in [1.165, 1.54) is 55.4 Å². The van der Waals surface area contributed by atoms with Crippen LogP contribution in [0.25, 0.3) is 32.3 Å². The van der Waals surface area contributed by atoms with Crippen LogP contribution < -0.4 is 0 Å². The fourth-order valence-electron chi connectivity index (χ4n) is 5.51. The second-order valence-corrected chi connectivity index (χ2v) is 8.54. The first-order valence-electron chi connectivity index (χ1n) is 10.9. The van der Waals surface area contributed by atoms with E-state index in [1.807, 2.05) is 0 Å². The Morgan fingerprint density at radius 2 is 1.43 bits per heavy atom. The van der Waals surface area contributed by atoms with Gasteiger partial charge in [-0.1, -0.05) is 84.9 Å².